The fourth-order valence-electron chi connectivity index (χ4n) is 3.32. The number of anilines is 2. The van der Waals surface area contributed by atoms with Crippen LogP contribution in [-0.4, -0.2) is 45.9 Å². The number of hydrogen-bond acceptors (Lipinski definition) is 6. The van der Waals surface area contributed by atoms with Gasteiger partial charge in [0.2, 0.25) is 0 Å². The number of ether oxygens (including phenoxy) is 1. The van der Waals surface area contributed by atoms with Gasteiger partial charge in [-0.15, -0.1) is 8.78 Å². The van der Waals surface area contributed by atoms with Crippen LogP contribution in [0.15, 0.2) is 54.9 Å². The molecular formula is C21H17ClF3N5O2. The smallest absolute Gasteiger partial charge is 0.420 e. The summed E-state index contributed by atoms with van der Waals surface area (Å²) in [6, 6.07) is 10.3. The summed E-state index contributed by atoms with van der Waals surface area (Å²) >= 11 is 4.74. The van der Waals surface area contributed by atoms with Gasteiger partial charge in [0, 0.05) is 41.8 Å². The minimum atomic E-state index is -3.83. The number of alkyl halides is 4. The average molecular weight is 464 g/mol. The third kappa shape index (κ3) is 5.25. The number of nitrogens with zero attached hydrogens (tertiary/aromatic N) is 4. The van der Waals surface area contributed by atoms with Crippen LogP contribution >= 0.6 is 11.6 Å². The standard InChI is InChI=1S/C21H17ClF3N5O2/c22-21(24,25)32-16-5-3-15(4-6-16)28-20(31)13-10-17(18-2-1-8-27-29-18)19(26-11-13)30-9-7-14(23)12-30/h1-6,8,10-11,14H,7,9,12H2,(H,28,31). The second-order valence-electron chi connectivity index (χ2n) is 7.06. The third-order valence-electron chi connectivity index (χ3n) is 4.75. The van der Waals surface area contributed by atoms with Crippen molar-refractivity contribution < 1.29 is 22.7 Å². The van der Waals surface area contributed by atoms with E-state index in [1.165, 1.54) is 36.7 Å². The topological polar surface area (TPSA) is 80.2 Å². The van der Waals surface area contributed by atoms with E-state index in [0.717, 1.165) is 0 Å². The molecule has 4 rings (SSSR count). The summed E-state index contributed by atoms with van der Waals surface area (Å²) in [4.78, 5) is 19.0. The number of rotatable bonds is 6. The molecule has 166 valence electrons. The first-order valence-electron chi connectivity index (χ1n) is 9.63. The van der Waals surface area contributed by atoms with Crippen molar-refractivity contribution in [3.8, 4) is 17.0 Å². The van der Waals surface area contributed by atoms with E-state index in [1.54, 1.807) is 18.2 Å². The van der Waals surface area contributed by atoms with E-state index in [2.05, 4.69) is 25.2 Å². The van der Waals surface area contributed by atoms with Crippen LogP contribution in [0.3, 0.4) is 0 Å². The van der Waals surface area contributed by atoms with Crippen molar-refractivity contribution in [3.63, 3.8) is 0 Å². The molecule has 0 bridgehead atoms. The average Bonchev–Trinajstić information content (AvgIpc) is 3.20. The van der Waals surface area contributed by atoms with Crippen LogP contribution in [0.25, 0.3) is 11.3 Å². The lowest BCUT2D eigenvalue weighted by Gasteiger charge is -2.20. The Kier molecular flexibility index (Phi) is 6.13. The van der Waals surface area contributed by atoms with Crippen molar-refractivity contribution >= 4 is 29.0 Å². The molecule has 1 fully saturated rings. The molecule has 1 aliphatic rings. The molecule has 1 atom stereocenters. The first-order valence-corrected chi connectivity index (χ1v) is 10.0. The van der Waals surface area contributed by atoms with Crippen molar-refractivity contribution in [1.29, 1.82) is 0 Å². The minimum Gasteiger partial charge on any atom is -0.420 e. The molecule has 1 saturated heterocycles. The largest absolute Gasteiger partial charge is 0.487 e. The minimum absolute atomic E-state index is 0.157. The summed E-state index contributed by atoms with van der Waals surface area (Å²) in [5, 5.41) is 10.6. The van der Waals surface area contributed by atoms with Gasteiger partial charge in [-0.25, -0.2) is 9.37 Å². The molecule has 1 aliphatic heterocycles. The summed E-state index contributed by atoms with van der Waals surface area (Å²) in [6.45, 7) is 0.713. The van der Waals surface area contributed by atoms with Crippen LogP contribution in [0.5, 0.6) is 5.75 Å². The highest BCUT2D eigenvalue weighted by atomic mass is 35.5. The molecule has 32 heavy (non-hydrogen) atoms. The first kappa shape index (κ1) is 21.8. The predicted molar refractivity (Wildman–Crippen MR) is 113 cm³/mol. The zero-order valence-electron chi connectivity index (χ0n) is 16.5. The number of carbonyl (C=O) groups is 1. The Labute approximate surface area is 186 Å². The van der Waals surface area contributed by atoms with Gasteiger partial charge in [-0.05, 0) is 48.9 Å². The van der Waals surface area contributed by atoms with E-state index in [9.17, 15) is 18.0 Å². The van der Waals surface area contributed by atoms with Crippen LogP contribution in [0.4, 0.5) is 24.7 Å². The van der Waals surface area contributed by atoms with Crippen LogP contribution in [0, 0.1) is 0 Å². The summed E-state index contributed by atoms with van der Waals surface area (Å²) in [5.41, 5.74) is -2.20. The maximum atomic E-state index is 13.7. The molecule has 1 N–H and O–H groups in total. The Balaban J connectivity index is 1.57. The fraction of sp³-hybridized carbons (Fsp3) is 0.238. The Hall–Kier alpha value is -3.40. The van der Waals surface area contributed by atoms with Crippen LogP contribution < -0.4 is 15.0 Å². The molecule has 11 heteroatoms. The summed E-state index contributed by atoms with van der Waals surface area (Å²) in [7, 11) is 0. The third-order valence-corrected chi connectivity index (χ3v) is 4.83. The number of hydrogen-bond donors (Lipinski definition) is 1. The molecule has 1 aromatic carbocycles. The van der Waals surface area contributed by atoms with E-state index >= 15 is 0 Å². The number of amides is 1. The summed E-state index contributed by atoms with van der Waals surface area (Å²) < 4.78 is 43.4. The van der Waals surface area contributed by atoms with Gasteiger partial charge in [-0.3, -0.25) is 4.79 Å². The second-order valence-corrected chi connectivity index (χ2v) is 7.50. The number of carbonyl (C=O) groups excluding carboxylic acids is 1. The Morgan fingerprint density at radius 1 is 1.25 bits per heavy atom. The molecule has 1 unspecified atom stereocenters. The summed E-state index contributed by atoms with van der Waals surface area (Å²) in [5.74, 6) is -0.114. The van der Waals surface area contributed by atoms with Crippen LogP contribution in [0.1, 0.15) is 16.8 Å². The van der Waals surface area contributed by atoms with Gasteiger partial charge < -0.3 is 15.0 Å². The lowest BCUT2D eigenvalue weighted by molar-refractivity contribution is -0.0964. The molecule has 0 saturated carbocycles. The molecule has 0 spiro atoms. The highest BCUT2D eigenvalue weighted by molar-refractivity contribution is 6.20. The van der Waals surface area contributed by atoms with Gasteiger partial charge in [0.1, 0.15) is 17.7 Å². The van der Waals surface area contributed by atoms with Crippen molar-refractivity contribution in [3.05, 3.63) is 60.4 Å². The van der Waals surface area contributed by atoms with Gasteiger partial charge >= 0.3 is 5.57 Å². The normalized spacial score (nSPS) is 16.1. The maximum absolute atomic E-state index is 13.7. The van der Waals surface area contributed by atoms with Crippen LogP contribution in [-0.2, 0) is 0 Å². The van der Waals surface area contributed by atoms with Gasteiger partial charge in [0.25, 0.3) is 5.91 Å². The van der Waals surface area contributed by atoms with Crippen molar-refractivity contribution in [2.45, 2.75) is 18.2 Å². The molecule has 0 aliphatic carbocycles. The van der Waals surface area contributed by atoms with Crippen LogP contribution in [0.2, 0.25) is 0 Å². The van der Waals surface area contributed by atoms with E-state index in [4.69, 9.17) is 11.6 Å². The van der Waals surface area contributed by atoms with Gasteiger partial charge in [0.05, 0.1) is 17.8 Å². The predicted octanol–water partition coefficient (Wildman–Crippen LogP) is 4.51. The van der Waals surface area contributed by atoms with E-state index < -0.39 is 17.6 Å². The first-order chi connectivity index (χ1) is 15.3. The Bertz CT molecular complexity index is 1100. The van der Waals surface area contributed by atoms with Gasteiger partial charge in [0.15, 0.2) is 0 Å². The lowest BCUT2D eigenvalue weighted by Crippen LogP contribution is -2.23. The van der Waals surface area contributed by atoms with Gasteiger partial charge in [-0.2, -0.15) is 10.2 Å². The van der Waals surface area contributed by atoms with E-state index in [1.807, 2.05) is 4.90 Å². The van der Waals surface area contributed by atoms with E-state index in [-0.39, 0.29) is 17.9 Å². The zero-order chi connectivity index (χ0) is 22.7. The maximum Gasteiger partial charge on any atom is 0.487 e. The SMILES string of the molecule is O=C(Nc1ccc(OC(F)(F)Cl)cc1)c1cnc(N2CCC(F)C2)c(-c2cccnn2)c1. The number of benzene rings is 1. The molecule has 7 nitrogen and oxygen atoms in total. The zero-order valence-corrected chi connectivity index (χ0v) is 17.3. The highest BCUT2D eigenvalue weighted by Crippen LogP contribution is 2.31. The molecule has 2 aromatic heterocycles. The molecular weight excluding hydrogens is 447 g/mol. The molecule has 3 heterocycles. The highest BCUT2D eigenvalue weighted by Gasteiger charge is 2.28. The molecule has 3 aromatic rings. The van der Waals surface area contributed by atoms with Gasteiger partial charge in [-0.1, -0.05) is 0 Å². The number of nitrogens with one attached hydrogen (secondary N) is 1. The number of aromatic nitrogens is 3. The fourth-order valence-corrected chi connectivity index (χ4v) is 3.41. The number of pyridine rings is 1. The molecule has 0 radical (unpaired) electrons. The van der Waals surface area contributed by atoms with Crippen molar-refractivity contribution in [2.24, 2.45) is 0 Å². The number of halogens is 4. The van der Waals surface area contributed by atoms with Crippen molar-refractivity contribution in [1.82, 2.24) is 15.2 Å². The van der Waals surface area contributed by atoms with Crippen molar-refractivity contribution in [2.75, 3.05) is 23.3 Å². The Morgan fingerprint density at radius 3 is 2.66 bits per heavy atom. The second kappa shape index (κ2) is 8.99. The Morgan fingerprint density at radius 2 is 2.03 bits per heavy atom. The quantitative estimate of drug-likeness (QED) is 0.542. The summed E-state index contributed by atoms with van der Waals surface area (Å²) in [6.07, 6.45) is 2.37. The van der Waals surface area contributed by atoms with E-state index in [0.29, 0.717) is 35.7 Å². The lowest BCUT2D eigenvalue weighted by atomic mass is 10.1. The monoisotopic (exact) mass is 463 g/mol. The molecule has 1 amide bonds.